The molecule has 0 aliphatic carbocycles. The third-order valence-electron chi connectivity index (χ3n) is 7.13. The number of carbonyl (C=O) groups is 2. The summed E-state index contributed by atoms with van der Waals surface area (Å²) in [7, 11) is -3.85. The van der Waals surface area contributed by atoms with E-state index in [1.54, 1.807) is 30.3 Å². The molecule has 1 fully saturated rings. The maximum atomic E-state index is 13.5. The van der Waals surface area contributed by atoms with Gasteiger partial charge in [0.15, 0.2) is 0 Å². The van der Waals surface area contributed by atoms with Crippen LogP contribution in [0.5, 0.6) is 0 Å². The number of hydrogen-bond acceptors (Lipinski definition) is 4. The van der Waals surface area contributed by atoms with Gasteiger partial charge in [-0.15, -0.1) is 0 Å². The van der Waals surface area contributed by atoms with Crippen LogP contribution in [-0.4, -0.2) is 44.3 Å². The smallest absolute Gasteiger partial charge is 0.255 e. The lowest BCUT2D eigenvalue weighted by atomic mass is 9.92. The molecule has 2 N–H and O–H groups in total. The number of sulfonamides is 1. The van der Waals surface area contributed by atoms with Gasteiger partial charge in [-0.3, -0.25) is 9.59 Å². The largest absolute Gasteiger partial charge is 0.342 e. The molecule has 8 heteroatoms. The van der Waals surface area contributed by atoms with Gasteiger partial charge in [-0.2, -0.15) is 0 Å². The van der Waals surface area contributed by atoms with Crippen molar-refractivity contribution in [3.63, 3.8) is 0 Å². The molecule has 2 atom stereocenters. The summed E-state index contributed by atoms with van der Waals surface area (Å²) in [5, 5.41) is 4.13. The lowest BCUT2D eigenvalue weighted by molar-refractivity contribution is -0.133. The molecule has 2 amide bonds. The number of nitrogens with zero attached hydrogens (tertiary/aromatic N) is 1. The molecule has 196 valence electrons. The van der Waals surface area contributed by atoms with Gasteiger partial charge in [0.1, 0.15) is 0 Å². The monoisotopic (exact) mass is 521 g/mol. The highest BCUT2D eigenvalue weighted by Gasteiger charge is 2.30. The topological polar surface area (TPSA) is 95.6 Å². The van der Waals surface area contributed by atoms with Crippen LogP contribution in [0, 0.1) is 12.8 Å². The normalized spacial score (nSPS) is 16.9. The number of benzene rings is 3. The van der Waals surface area contributed by atoms with Crippen LogP contribution < -0.4 is 10.0 Å². The number of fused-ring (bicyclic) bond motifs is 1. The summed E-state index contributed by atoms with van der Waals surface area (Å²) >= 11 is 0. The van der Waals surface area contributed by atoms with Gasteiger partial charge in [0.2, 0.25) is 15.9 Å². The summed E-state index contributed by atoms with van der Waals surface area (Å²) < 4.78 is 29.9. The van der Waals surface area contributed by atoms with E-state index in [1.807, 2.05) is 56.0 Å². The highest BCUT2D eigenvalue weighted by Crippen LogP contribution is 2.31. The predicted octanol–water partition coefficient (Wildman–Crippen LogP) is 5.11. The molecule has 2 unspecified atom stereocenters. The quantitative estimate of drug-likeness (QED) is 0.431. The Balaban J connectivity index is 1.57. The van der Waals surface area contributed by atoms with E-state index in [0.717, 1.165) is 31.4 Å². The van der Waals surface area contributed by atoms with E-state index >= 15 is 0 Å². The molecular formula is C29H35N3O4S. The van der Waals surface area contributed by atoms with Crippen LogP contribution in [0.4, 0.5) is 5.69 Å². The third kappa shape index (κ3) is 6.02. The SMILES string of the molecule is CCCC(=O)N1CCCC(C(C)NS(=O)(=O)c2ccc(NC(=O)c3ccccc3C)c3ccccc23)C1. The van der Waals surface area contributed by atoms with Gasteiger partial charge in [-0.25, -0.2) is 13.1 Å². The number of rotatable bonds is 8. The minimum Gasteiger partial charge on any atom is -0.342 e. The van der Waals surface area contributed by atoms with Crippen LogP contribution in [0.1, 0.15) is 55.5 Å². The van der Waals surface area contributed by atoms with Crippen molar-refractivity contribution in [2.24, 2.45) is 5.92 Å². The molecule has 0 saturated carbocycles. The Bertz CT molecular complexity index is 1400. The molecule has 1 aliphatic heterocycles. The first-order valence-electron chi connectivity index (χ1n) is 12.9. The van der Waals surface area contributed by atoms with Gasteiger partial charge in [0, 0.05) is 47.6 Å². The Kier molecular flexibility index (Phi) is 8.29. The first-order valence-corrected chi connectivity index (χ1v) is 14.4. The Labute approximate surface area is 219 Å². The molecule has 3 aromatic rings. The summed E-state index contributed by atoms with van der Waals surface area (Å²) in [6.45, 7) is 7.03. The van der Waals surface area contributed by atoms with Gasteiger partial charge in [0.25, 0.3) is 5.91 Å². The van der Waals surface area contributed by atoms with Crippen LogP contribution in [0.15, 0.2) is 65.6 Å². The fraction of sp³-hybridized carbons (Fsp3) is 0.379. The Morgan fingerprint density at radius 2 is 1.73 bits per heavy atom. The average molecular weight is 522 g/mol. The zero-order chi connectivity index (χ0) is 26.6. The van der Waals surface area contributed by atoms with Gasteiger partial charge in [-0.1, -0.05) is 49.4 Å². The minimum absolute atomic E-state index is 0.0447. The van der Waals surface area contributed by atoms with Crippen LogP contribution in [0.2, 0.25) is 0 Å². The number of likely N-dealkylation sites (tertiary alicyclic amines) is 1. The lowest BCUT2D eigenvalue weighted by Gasteiger charge is -2.36. The van der Waals surface area contributed by atoms with E-state index in [9.17, 15) is 18.0 Å². The third-order valence-corrected chi connectivity index (χ3v) is 8.75. The van der Waals surface area contributed by atoms with Gasteiger partial charge < -0.3 is 10.2 Å². The second kappa shape index (κ2) is 11.4. The Morgan fingerprint density at radius 3 is 2.46 bits per heavy atom. The molecule has 0 radical (unpaired) electrons. The van der Waals surface area contributed by atoms with Crippen molar-refractivity contribution in [1.29, 1.82) is 0 Å². The Hall–Kier alpha value is -3.23. The first-order chi connectivity index (χ1) is 17.7. The molecule has 0 spiro atoms. The summed E-state index contributed by atoms with van der Waals surface area (Å²) in [6, 6.07) is 17.4. The number of piperidine rings is 1. The van der Waals surface area contributed by atoms with Crippen molar-refractivity contribution in [1.82, 2.24) is 9.62 Å². The second-order valence-electron chi connectivity index (χ2n) is 9.83. The van der Waals surface area contributed by atoms with E-state index in [1.165, 1.54) is 0 Å². The zero-order valence-corrected chi connectivity index (χ0v) is 22.5. The van der Waals surface area contributed by atoms with Crippen LogP contribution in [-0.2, 0) is 14.8 Å². The fourth-order valence-electron chi connectivity index (χ4n) is 5.05. The maximum absolute atomic E-state index is 13.5. The van der Waals surface area contributed by atoms with Crippen LogP contribution >= 0.6 is 0 Å². The number of amides is 2. The number of nitrogens with one attached hydrogen (secondary N) is 2. The highest BCUT2D eigenvalue weighted by molar-refractivity contribution is 7.89. The molecule has 3 aromatic carbocycles. The van der Waals surface area contributed by atoms with Crippen molar-refractivity contribution in [3.05, 3.63) is 71.8 Å². The molecule has 0 aromatic heterocycles. The summed E-state index contributed by atoms with van der Waals surface area (Å²) in [4.78, 5) is 27.4. The predicted molar refractivity (Wildman–Crippen MR) is 147 cm³/mol. The van der Waals surface area contributed by atoms with Crippen molar-refractivity contribution in [3.8, 4) is 0 Å². The zero-order valence-electron chi connectivity index (χ0n) is 21.7. The van der Waals surface area contributed by atoms with E-state index < -0.39 is 10.0 Å². The number of carbonyl (C=O) groups excluding carboxylic acids is 2. The van der Waals surface area contributed by atoms with Crippen molar-refractivity contribution >= 4 is 38.3 Å². The summed E-state index contributed by atoms with van der Waals surface area (Å²) in [6.07, 6.45) is 3.05. The van der Waals surface area contributed by atoms with E-state index in [0.29, 0.717) is 35.0 Å². The average Bonchev–Trinajstić information content (AvgIpc) is 2.89. The molecule has 1 heterocycles. The second-order valence-corrected chi connectivity index (χ2v) is 11.5. The van der Waals surface area contributed by atoms with E-state index in [4.69, 9.17) is 0 Å². The van der Waals surface area contributed by atoms with Gasteiger partial charge >= 0.3 is 0 Å². The molecule has 1 aliphatic rings. The maximum Gasteiger partial charge on any atom is 0.255 e. The van der Waals surface area contributed by atoms with Crippen molar-refractivity contribution < 1.29 is 18.0 Å². The van der Waals surface area contributed by atoms with E-state index in [2.05, 4.69) is 10.0 Å². The molecule has 37 heavy (non-hydrogen) atoms. The van der Waals surface area contributed by atoms with Crippen molar-refractivity contribution in [2.45, 2.75) is 57.4 Å². The fourth-order valence-corrected chi connectivity index (χ4v) is 6.58. The van der Waals surface area contributed by atoms with Crippen molar-refractivity contribution in [2.75, 3.05) is 18.4 Å². The minimum atomic E-state index is -3.85. The van der Waals surface area contributed by atoms with E-state index in [-0.39, 0.29) is 28.7 Å². The number of aryl methyl sites for hydroxylation is 1. The van der Waals surface area contributed by atoms with Crippen LogP contribution in [0.25, 0.3) is 10.8 Å². The molecule has 1 saturated heterocycles. The number of hydrogen-bond donors (Lipinski definition) is 2. The van der Waals surface area contributed by atoms with Gasteiger partial charge in [0.05, 0.1) is 4.90 Å². The molecule has 4 rings (SSSR count). The summed E-state index contributed by atoms with van der Waals surface area (Å²) in [5.74, 6) is -0.0649. The Morgan fingerprint density at radius 1 is 1.03 bits per heavy atom. The van der Waals surface area contributed by atoms with Gasteiger partial charge in [-0.05, 0) is 62.8 Å². The lowest BCUT2D eigenvalue weighted by Crippen LogP contribution is -2.47. The highest BCUT2D eigenvalue weighted by atomic mass is 32.2. The number of anilines is 1. The standard InChI is InChI=1S/C29H35N3O4S/c1-4-10-28(33)32-18-9-12-22(19-32)21(3)31-37(35,36)27-17-16-26(24-14-7-8-15-25(24)27)30-29(34)23-13-6-5-11-20(23)2/h5-8,11,13-17,21-22,31H,4,9-10,12,18-19H2,1-3H3,(H,30,34). The summed E-state index contributed by atoms with van der Waals surface area (Å²) in [5.41, 5.74) is 1.98. The molecule has 7 nitrogen and oxygen atoms in total. The first kappa shape index (κ1) is 26.8. The van der Waals surface area contributed by atoms with Crippen LogP contribution in [0.3, 0.4) is 0 Å². The molecular weight excluding hydrogens is 486 g/mol. The molecule has 0 bridgehead atoms.